The zero-order valence-corrected chi connectivity index (χ0v) is 12.5. The fourth-order valence-corrected chi connectivity index (χ4v) is 2.63. The molecule has 1 unspecified atom stereocenters. The molecule has 1 saturated heterocycles. The van der Waals surface area contributed by atoms with E-state index in [-0.39, 0.29) is 25.8 Å². The minimum absolute atomic E-state index is 0.00210. The van der Waals surface area contributed by atoms with Crippen LogP contribution >= 0.6 is 11.8 Å². The van der Waals surface area contributed by atoms with Gasteiger partial charge in [-0.05, 0) is 31.3 Å². The van der Waals surface area contributed by atoms with Crippen LogP contribution in [0.2, 0.25) is 0 Å². The summed E-state index contributed by atoms with van der Waals surface area (Å²) >= 11 is 1.44. The lowest BCUT2D eigenvalue weighted by Crippen LogP contribution is -2.52. The Kier molecular flexibility index (Phi) is 6.63. The van der Waals surface area contributed by atoms with E-state index >= 15 is 0 Å². The molecule has 0 aromatic heterocycles. The molecule has 1 rings (SSSR count). The highest BCUT2D eigenvalue weighted by Crippen LogP contribution is 2.33. The molecule has 122 valence electrons. The average Bonchev–Trinajstić information content (AvgIpc) is 2.42. The molecule has 0 aromatic carbocycles. The first-order valence-corrected chi connectivity index (χ1v) is 7.99. The Bertz CT molecular complexity index is 379. The number of carboxylic acids is 1. The van der Waals surface area contributed by atoms with Crippen LogP contribution < -0.4 is 5.32 Å². The molecule has 0 bridgehead atoms. The first kappa shape index (κ1) is 17.9. The largest absolute Gasteiger partial charge is 0.480 e. The van der Waals surface area contributed by atoms with Gasteiger partial charge in [0.1, 0.15) is 6.04 Å². The van der Waals surface area contributed by atoms with E-state index in [1.165, 1.54) is 11.8 Å². The number of halogens is 3. The van der Waals surface area contributed by atoms with Gasteiger partial charge in [0.05, 0.1) is 5.92 Å². The standard InChI is InChI=1S/C12H19F3N2O3S/c1-21-6-4-9(10(18)19)16-11(20)17-5-2-3-8(7-17)12(13,14)15/h8-9H,2-7H2,1H3,(H,16,20)(H,18,19)/t8?,9-/m1/s1. The third-order valence-electron chi connectivity index (χ3n) is 3.38. The molecule has 5 nitrogen and oxygen atoms in total. The van der Waals surface area contributed by atoms with E-state index in [1.54, 1.807) is 6.26 Å². The third kappa shape index (κ3) is 5.64. The Morgan fingerprint density at radius 2 is 2.14 bits per heavy atom. The molecule has 2 N–H and O–H groups in total. The van der Waals surface area contributed by atoms with Crippen molar-refractivity contribution < 1.29 is 27.9 Å². The van der Waals surface area contributed by atoms with Crippen molar-refractivity contribution in [2.24, 2.45) is 5.92 Å². The second kappa shape index (κ2) is 7.77. The number of alkyl halides is 3. The SMILES string of the molecule is CSCC[C@@H](NC(=O)N1CCCC(C(F)(F)F)C1)C(=O)O. The predicted molar refractivity (Wildman–Crippen MR) is 73.3 cm³/mol. The number of carbonyl (C=O) groups excluding carboxylic acids is 1. The summed E-state index contributed by atoms with van der Waals surface area (Å²) in [5.41, 5.74) is 0. The fraction of sp³-hybridized carbons (Fsp3) is 0.833. The average molecular weight is 328 g/mol. The topological polar surface area (TPSA) is 69.6 Å². The van der Waals surface area contributed by atoms with Gasteiger partial charge in [-0.15, -0.1) is 0 Å². The molecule has 0 aromatic rings. The Morgan fingerprint density at radius 1 is 1.48 bits per heavy atom. The molecule has 0 aliphatic carbocycles. The molecule has 2 amide bonds. The summed E-state index contributed by atoms with van der Waals surface area (Å²) in [6.45, 7) is -0.197. The van der Waals surface area contributed by atoms with Crippen molar-refractivity contribution in [3.8, 4) is 0 Å². The summed E-state index contributed by atoms with van der Waals surface area (Å²) in [6.07, 6.45) is -2.02. The summed E-state index contributed by atoms with van der Waals surface area (Å²) < 4.78 is 38.0. The lowest BCUT2D eigenvalue weighted by Gasteiger charge is -2.34. The van der Waals surface area contributed by atoms with Crippen LogP contribution in [0.1, 0.15) is 19.3 Å². The lowest BCUT2D eigenvalue weighted by atomic mass is 9.98. The summed E-state index contributed by atoms with van der Waals surface area (Å²) in [6, 6.07) is -1.81. The summed E-state index contributed by atoms with van der Waals surface area (Å²) in [7, 11) is 0. The van der Waals surface area contributed by atoms with Crippen molar-refractivity contribution in [2.75, 3.05) is 25.1 Å². The number of amides is 2. The van der Waals surface area contributed by atoms with Crippen molar-refractivity contribution in [3.05, 3.63) is 0 Å². The Morgan fingerprint density at radius 3 is 2.67 bits per heavy atom. The first-order chi connectivity index (χ1) is 9.75. The van der Waals surface area contributed by atoms with Crippen molar-refractivity contribution >= 4 is 23.8 Å². The van der Waals surface area contributed by atoms with Crippen molar-refractivity contribution in [1.82, 2.24) is 10.2 Å². The van der Waals surface area contributed by atoms with Gasteiger partial charge in [0.15, 0.2) is 0 Å². The summed E-state index contributed by atoms with van der Waals surface area (Å²) in [5, 5.41) is 11.3. The van der Waals surface area contributed by atoms with Gasteiger partial charge in [-0.3, -0.25) is 0 Å². The Balaban J connectivity index is 2.59. The van der Waals surface area contributed by atoms with E-state index in [1.807, 2.05) is 0 Å². The Hall–Kier alpha value is -1.12. The van der Waals surface area contributed by atoms with Crippen LogP contribution in [0.15, 0.2) is 0 Å². The second-order valence-electron chi connectivity index (χ2n) is 4.95. The van der Waals surface area contributed by atoms with E-state index in [4.69, 9.17) is 5.11 Å². The molecule has 0 spiro atoms. The number of hydrogen-bond donors (Lipinski definition) is 2. The smallest absolute Gasteiger partial charge is 0.393 e. The zero-order chi connectivity index (χ0) is 16.0. The van der Waals surface area contributed by atoms with E-state index in [0.717, 1.165) is 4.90 Å². The van der Waals surface area contributed by atoms with Crippen LogP contribution in [-0.4, -0.2) is 59.3 Å². The van der Waals surface area contributed by atoms with Crippen LogP contribution in [0, 0.1) is 5.92 Å². The molecule has 1 aliphatic heterocycles. The highest BCUT2D eigenvalue weighted by molar-refractivity contribution is 7.98. The third-order valence-corrected chi connectivity index (χ3v) is 4.02. The van der Waals surface area contributed by atoms with Crippen molar-refractivity contribution in [1.29, 1.82) is 0 Å². The van der Waals surface area contributed by atoms with Gasteiger partial charge in [0.2, 0.25) is 0 Å². The highest BCUT2D eigenvalue weighted by atomic mass is 32.2. The van der Waals surface area contributed by atoms with Crippen LogP contribution in [0.3, 0.4) is 0 Å². The number of nitrogens with zero attached hydrogens (tertiary/aromatic N) is 1. The number of carbonyl (C=O) groups is 2. The van der Waals surface area contributed by atoms with Gasteiger partial charge in [-0.1, -0.05) is 0 Å². The maximum absolute atomic E-state index is 12.7. The Labute approximate surface area is 125 Å². The van der Waals surface area contributed by atoms with Crippen LogP contribution in [0.4, 0.5) is 18.0 Å². The normalized spacial score (nSPS) is 21.0. The second-order valence-corrected chi connectivity index (χ2v) is 5.93. The van der Waals surface area contributed by atoms with Gasteiger partial charge in [0.25, 0.3) is 0 Å². The lowest BCUT2D eigenvalue weighted by molar-refractivity contribution is -0.184. The molecule has 0 radical (unpaired) electrons. The number of likely N-dealkylation sites (tertiary alicyclic amines) is 1. The quantitative estimate of drug-likeness (QED) is 0.811. The minimum atomic E-state index is -4.33. The van der Waals surface area contributed by atoms with E-state index in [0.29, 0.717) is 5.75 Å². The molecule has 2 atom stereocenters. The van der Waals surface area contributed by atoms with Crippen LogP contribution in [0.5, 0.6) is 0 Å². The first-order valence-electron chi connectivity index (χ1n) is 6.59. The molecule has 0 saturated carbocycles. The van der Waals surface area contributed by atoms with Crippen molar-refractivity contribution in [3.63, 3.8) is 0 Å². The summed E-state index contributed by atoms with van der Waals surface area (Å²) in [4.78, 5) is 24.0. The molecule has 9 heteroatoms. The van der Waals surface area contributed by atoms with Crippen LogP contribution in [0.25, 0.3) is 0 Å². The van der Waals surface area contributed by atoms with Gasteiger partial charge in [-0.2, -0.15) is 24.9 Å². The van der Waals surface area contributed by atoms with Gasteiger partial charge in [-0.25, -0.2) is 9.59 Å². The maximum Gasteiger partial charge on any atom is 0.393 e. The summed E-state index contributed by atoms with van der Waals surface area (Å²) in [5.74, 6) is -2.17. The predicted octanol–water partition coefficient (Wildman–Crippen LogP) is 2.18. The number of aliphatic carboxylic acids is 1. The van der Waals surface area contributed by atoms with Gasteiger partial charge < -0.3 is 15.3 Å². The zero-order valence-electron chi connectivity index (χ0n) is 11.7. The van der Waals surface area contributed by atoms with Crippen LogP contribution in [-0.2, 0) is 4.79 Å². The van der Waals surface area contributed by atoms with E-state index in [9.17, 15) is 22.8 Å². The number of rotatable bonds is 5. The van der Waals surface area contributed by atoms with E-state index in [2.05, 4.69) is 5.32 Å². The van der Waals surface area contributed by atoms with Crippen molar-refractivity contribution in [2.45, 2.75) is 31.5 Å². The number of carboxylic acid groups (broad SMARTS) is 1. The molecule has 1 aliphatic rings. The number of piperidine rings is 1. The number of hydrogen-bond acceptors (Lipinski definition) is 3. The number of urea groups is 1. The molecule has 21 heavy (non-hydrogen) atoms. The fourth-order valence-electron chi connectivity index (χ4n) is 2.16. The van der Waals surface area contributed by atoms with E-state index < -0.39 is 36.7 Å². The highest BCUT2D eigenvalue weighted by Gasteiger charge is 2.42. The maximum atomic E-state index is 12.7. The monoisotopic (exact) mass is 328 g/mol. The minimum Gasteiger partial charge on any atom is -0.480 e. The molecular formula is C12H19F3N2O3S. The molecular weight excluding hydrogens is 309 g/mol. The van der Waals surface area contributed by atoms with Gasteiger partial charge in [0, 0.05) is 13.1 Å². The number of thioether (sulfide) groups is 1. The molecule has 1 fully saturated rings. The molecule has 1 heterocycles. The number of nitrogens with one attached hydrogen (secondary N) is 1. The van der Waals surface area contributed by atoms with Gasteiger partial charge >= 0.3 is 18.2 Å².